The zero-order chi connectivity index (χ0) is 18.4. The van der Waals surface area contributed by atoms with Gasteiger partial charge in [-0.3, -0.25) is 4.79 Å². The highest BCUT2D eigenvalue weighted by molar-refractivity contribution is 5.70. The third-order valence-electron chi connectivity index (χ3n) is 4.40. The van der Waals surface area contributed by atoms with E-state index in [1.807, 2.05) is 6.92 Å². The van der Waals surface area contributed by atoms with E-state index in [1.165, 1.54) is 18.2 Å². The zero-order valence-corrected chi connectivity index (χ0v) is 14.3. The molecular formula is C18H24F3NO3. The Labute approximate surface area is 145 Å². The van der Waals surface area contributed by atoms with Crippen LogP contribution in [0.2, 0.25) is 0 Å². The van der Waals surface area contributed by atoms with Crippen LogP contribution in [-0.4, -0.2) is 42.2 Å². The van der Waals surface area contributed by atoms with Gasteiger partial charge in [0.1, 0.15) is 5.75 Å². The lowest BCUT2D eigenvalue weighted by Gasteiger charge is -2.34. The Kier molecular flexibility index (Phi) is 6.70. The van der Waals surface area contributed by atoms with Crippen LogP contribution in [0.4, 0.5) is 13.2 Å². The van der Waals surface area contributed by atoms with Gasteiger partial charge in [-0.15, -0.1) is 0 Å². The Bertz CT molecular complexity index is 577. The van der Waals surface area contributed by atoms with Gasteiger partial charge in [-0.1, -0.05) is 19.1 Å². The van der Waals surface area contributed by atoms with E-state index in [4.69, 9.17) is 9.84 Å². The van der Waals surface area contributed by atoms with Crippen LogP contribution < -0.4 is 4.74 Å². The molecule has 0 radical (unpaired) electrons. The molecule has 0 saturated carbocycles. The van der Waals surface area contributed by atoms with Crippen molar-refractivity contribution in [1.29, 1.82) is 0 Å². The van der Waals surface area contributed by atoms with Crippen LogP contribution in [0.3, 0.4) is 0 Å². The van der Waals surface area contributed by atoms with E-state index in [0.717, 1.165) is 25.6 Å². The molecule has 2 atom stereocenters. The summed E-state index contributed by atoms with van der Waals surface area (Å²) in [7, 11) is 0. The molecular weight excluding hydrogens is 335 g/mol. The molecule has 0 bridgehead atoms. The topological polar surface area (TPSA) is 49.8 Å². The van der Waals surface area contributed by atoms with E-state index in [1.54, 1.807) is 0 Å². The Hall–Kier alpha value is -1.76. The van der Waals surface area contributed by atoms with Gasteiger partial charge in [-0.05, 0) is 43.9 Å². The van der Waals surface area contributed by atoms with Crippen molar-refractivity contribution in [1.82, 2.24) is 4.90 Å². The molecule has 1 aliphatic rings. The molecule has 140 valence electrons. The SMILES string of the molecule is CC1CC(C(=O)O)CN(CCCCOc2ccccc2C(F)(F)F)C1. The van der Waals surface area contributed by atoms with Gasteiger partial charge >= 0.3 is 12.1 Å². The molecule has 1 N–H and O–H groups in total. The first-order valence-corrected chi connectivity index (χ1v) is 8.51. The van der Waals surface area contributed by atoms with E-state index >= 15 is 0 Å². The number of para-hydroxylation sites is 1. The van der Waals surface area contributed by atoms with Crippen LogP contribution in [0.25, 0.3) is 0 Å². The van der Waals surface area contributed by atoms with Crippen LogP contribution in [0.5, 0.6) is 5.75 Å². The van der Waals surface area contributed by atoms with Crippen molar-refractivity contribution in [2.24, 2.45) is 11.8 Å². The minimum atomic E-state index is -4.42. The molecule has 0 amide bonds. The summed E-state index contributed by atoms with van der Waals surface area (Å²) >= 11 is 0. The maximum atomic E-state index is 12.9. The molecule has 0 spiro atoms. The number of carboxylic acids is 1. The Morgan fingerprint density at radius 3 is 2.68 bits per heavy atom. The summed E-state index contributed by atoms with van der Waals surface area (Å²) in [6.45, 7) is 4.38. The number of ether oxygens (including phenoxy) is 1. The smallest absolute Gasteiger partial charge is 0.419 e. The summed E-state index contributed by atoms with van der Waals surface area (Å²) in [6, 6.07) is 5.20. The van der Waals surface area contributed by atoms with E-state index in [2.05, 4.69) is 4.90 Å². The predicted octanol–water partition coefficient (Wildman–Crippen LogP) is 3.91. The standard InChI is InChI=1S/C18H24F3NO3/c1-13-10-14(17(23)24)12-22(11-13)8-4-5-9-25-16-7-3-2-6-15(16)18(19,20)21/h2-3,6-7,13-14H,4-5,8-12H2,1H3,(H,23,24). The number of hydrogen-bond acceptors (Lipinski definition) is 3. The number of aliphatic carboxylic acids is 1. The molecule has 25 heavy (non-hydrogen) atoms. The van der Waals surface area contributed by atoms with Crippen molar-refractivity contribution in [3.05, 3.63) is 29.8 Å². The van der Waals surface area contributed by atoms with Crippen LogP contribution in [0, 0.1) is 11.8 Å². The van der Waals surface area contributed by atoms with Gasteiger partial charge in [-0.2, -0.15) is 13.2 Å². The fraction of sp³-hybridized carbons (Fsp3) is 0.611. The van der Waals surface area contributed by atoms with Gasteiger partial charge in [0.05, 0.1) is 18.1 Å². The largest absolute Gasteiger partial charge is 0.493 e. The molecule has 1 fully saturated rings. The number of nitrogens with zero attached hydrogens (tertiary/aromatic N) is 1. The normalized spacial score (nSPS) is 21.9. The number of carboxylic acid groups (broad SMARTS) is 1. The summed E-state index contributed by atoms with van der Waals surface area (Å²) in [5.41, 5.74) is -0.760. The summed E-state index contributed by atoms with van der Waals surface area (Å²) in [6.07, 6.45) is -2.35. The van der Waals surface area contributed by atoms with E-state index in [-0.39, 0.29) is 18.3 Å². The summed E-state index contributed by atoms with van der Waals surface area (Å²) in [4.78, 5) is 13.3. The number of carbonyl (C=O) groups is 1. The van der Waals surface area contributed by atoms with Gasteiger partial charge in [0.15, 0.2) is 0 Å². The lowest BCUT2D eigenvalue weighted by atomic mass is 9.90. The second-order valence-corrected chi connectivity index (χ2v) is 6.69. The molecule has 4 nitrogen and oxygen atoms in total. The molecule has 1 aliphatic heterocycles. The molecule has 1 aromatic rings. The second-order valence-electron chi connectivity index (χ2n) is 6.69. The van der Waals surface area contributed by atoms with Crippen LogP contribution in [0.1, 0.15) is 31.7 Å². The van der Waals surface area contributed by atoms with Crippen molar-refractivity contribution in [2.75, 3.05) is 26.2 Å². The van der Waals surface area contributed by atoms with E-state index in [0.29, 0.717) is 25.3 Å². The number of benzene rings is 1. The van der Waals surface area contributed by atoms with Crippen LogP contribution in [-0.2, 0) is 11.0 Å². The van der Waals surface area contributed by atoms with Crippen molar-refractivity contribution < 1.29 is 27.8 Å². The zero-order valence-electron chi connectivity index (χ0n) is 14.3. The van der Waals surface area contributed by atoms with Crippen molar-refractivity contribution in [3.63, 3.8) is 0 Å². The maximum absolute atomic E-state index is 12.9. The highest BCUT2D eigenvalue weighted by Gasteiger charge is 2.34. The second kappa shape index (κ2) is 8.56. The van der Waals surface area contributed by atoms with Crippen LogP contribution >= 0.6 is 0 Å². The van der Waals surface area contributed by atoms with Crippen molar-refractivity contribution in [3.8, 4) is 5.75 Å². The number of piperidine rings is 1. The molecule has 1 saturated heterocycles. The first-order valence-electron chi connectivity index (χ1n) is 8.51. The summed E-state index contributed by atoms with van der Waals surface area (Å²) < 4.78 is 43.9. The fourth-order valence-corrected chi connectivity index (χ4v) is 3.27. The van der Waals surface area contributed by atoms with Gasteiger partial charge in [0.25, 0.3) is 0 Å². The third kappa shape index (κ3) is 5.92. The maximum Gasteiger partial charge on any atom is 0.419 e. The molecule has 2 rings (SSSR count). The Morgan fingerprint density at radius 1 is 1.28 bits per heavy atom. The highest BCUT2D eigenvalue weighted by Crippen LogP contribution is 2.35. The number of alkyl halides is 3. The molecule has 1 aromatic carbocycles. The van der Waals surface area contributed by atoms with Gasteiger partial charge < -0.3 is 14.7 Å². The Balaban J connectivity index is 1.74. The number of hydrogen-bond donors (Lipinski definition) is 1. The summed E-state index contributed by atoms with van der Waals surface area (Å²) in [5, 5.41) is 9.16. The van der Waals surface area contributed by atoms with E-state index < -0.39 is 17.7 Å². The number of rotatable bonds is 7. The first-order chi connectivity index (χ1) is 11.8. The third-order valence-corrected chi connectivity index (χ3v) is 4.40. The summed E-state index contributed by atoms with van der Waals surface area (Å²) in [5.74, 6) is -0.903. The van der Waals surface area contributed by atoms with Gasteiger partial charge in [0, 0.05) is 13.1 Å². The van der Waals surface area contributed by atoms with Crippen molar-refractivity contribution >= 4 is 5.97 Å². The van der Waals surface area contributed by atoms with Gasteiger partial charge in [-0.25, -0.2) is 0 Å². The molecule has 7 heteroatoms. The van der Waals surface area contributed by atoms with Crippen molar-refractivity contribution in [2.45, 2.75) is 32.4 Å². The average Bonchev–Trinajstić information content (AvgIpc) is 2.53. The molecule has 2 unspecified atom stereocenters. The highest BCUT2D eigenvalue weighted by atomic mass is 19.4. The quantitative estimate of drug-likeness (QED) is 0.750. The molecule has 0 aromatic heterocycles. The Morgan fingerprint density at radius 2 is 2.00 bits per heavy atom. The number of halogens is 3. The lowest BCUT2D eigenvalue weighted by molar-refractivity contribution is -0.144. The average molecular weight is 359 g/mol. The molecule has 1 heterocycles. The van der Waals surface area contributed by atoms with Gasteiger partial charge in [0.2, 0.25) is 0 Å². The van der Waals surface area contributed by atoms with E-state index in [9.17, 15) is 18.0 Å². The lowest BCUT2D eigenvalue weighted by Crippen LogP contribution is -2.42. The van der Waals surface area contributed by atoms with Crippen LogP contribution in [0.15, 0.2) is 24.3 Å². The predicted molar refractivity (Wildman–Crippen MR) is 87.5 cm³/mol. The number of likely N-dealkylation sites (tertiary alicyclic amines) is 1. The minimum Gasteiger partial charge on any atom is -0.493 e. The first kappa shape index (κ1) is 19.6. The minimum absolute atomic E-state index is 0.146. The number of unbranched alkanes of at least 4 members (excludes halogenated alkanes) is 1. The monoisotopic (exact) mass is 359 g/mol. The molecule has 0 aliphatic carbocycles. The fourth-order valence-electron chi connectivity index (χ4n) is 3.27.